The fraction of sp³-hybridized carbons (Fsp3) is 0.435. The number of aliphatic carboxylic acids is 1. The van der Waals surface area contributed by atoms with Crippen LogP contribution in [0.4, 0.5) is 0 Å². The van der Waals surface area contributed by atoms with E-state index in [-0.39, 0.29) is 0 Å². The molecule has 0 radical (unpaired) electrons. The van der Waals surface area contributed by atoms with Gasteiger partial charge in [0.2, 0.25) is 0 Å². The summed E-state index contributed by atoms with van der Waals surface area (Å²) in [6.45, 7) is 6.72. The molecule has 1 aromatic carbocycles. The molecule has 29 heavy (non-hydrogen) atoms. The quantitative estimate of drug-likeness (QED) is 0.607. The molecule has 0 bridgehead atoms. The van der Waals surface area contributed by atoms with Crippen LogP contribution in [0.1, 0.15) is 50.9 Å². The van der Waals surface area contributed by atoms with Gasteiger partial charge < -0.3 is 15.4 Å². The topological polar surface area (TPSA) is 90.9 Å². The van der Waals surface area contributed by atoms with Crippen LogP contribution in [0.5, 0.6) is 0 Å². The number of nitrogens with one attached hydrogen (secondary N) is 2. The van der Waals surface area contributed by atoms with Crippen LogP contribution in [0.25, 0.3) is 22.3 Å². The number of H-pyrrole nitrogens is 1. The Balaban J connectivity index is 1.55. The summed E-state index contributed by atoms with van der Waals surface area (Å²) >= 11 is 0. The van der Waals surface area contributed by atoms with E-state index in [0.717, 1.165) is 53.1 Å². The summed E-state index contributed by atoms with van der Waals surface area (Å²) in [5.41, 5.74) is 4.15. The molecule has 1 saturated heterocycles. The van der Waals surface area contributed by atoms with Crippen molar-refractivity contribution >= 4 is 17.0 Å². The normalized spacial score (nSPS) is 20.1. The second-order valence-corrected chi connectivity index (χ2v) is 8.85. The van der Waals surface area contributed by atoms with Crippen LogP contribution >= 0.6 is 0 Å². The van der Waals surface area contributed by atoms with Crippen molar-refractivity contribution in [3.63, 3.8) is 0 Å². The summed E-state index contributed by atoms with van der Waals surface area (Å²) in [4.78, 5) is 24.2. The number of aromatic nitrogens is 3. The number of hydrogen-bond acceptors (Lipinski definition) is 4. The molecule has 3 heterocycles. The van der Waals surface area contributed by atoms with E-state index in [2.05, 4.69) is 28.3 Å². The fourth-order valence-electron chi connectivity index (χ4n) is 4.04. The number of rotatable bonds is 5. The maximum absolute atomic E-state index is 11.4. The predicted octanol–water partition coefficient (Wildman–Crippen LogP) is 4.13. The first-order valence-electron chi connectivity index (χ1n) is 10.2. The van der Waals surface area contributed by atoms with Gasteiger partial charge in [-0.15, -0.1) is 0 Å². The minimum Gasteiger partial charge on any atom is -0.481 e. The Bertz CT molecular complexity index is 1020. The summed E-state index contributed by atoms with van der Waals surface area (Å²) in [6, 6.07) is 10.6. The fourth-order valence-corrected chi connectivity index (χ4v) is 4.04. The van der Waals surface area contributed by atoms with Crippen LogP contribution in [-0.4, -0.2) is 38.6 Å². The van der Waals surface area contributed by atoms with Crippen LogP contribution in [0.3, 0.4) is 0 Å². The van der Waals surface area contributed by atoms with Crippen molar-refractivity contribution in [2.24, 2.45) is 5.41 Å². The predicted molar refractivity (Wildman–Crippen MR) is 114 cm³/mol. The van der Waals surface area contributed by atoms with E-state index in [1.807, 2.05) is 30.5 Å². The minimum atomic E-state index is -0.783. The summed E-state index contributed by atoms with van der Waals surface area (Å²) in [5, 5.41) is 12.8. The molecule has 3 aromatic rings. The average Bonchev–Trinajstić information content (AvgIpc) is 3.11. The lowest BCUT2D eigenvalue weighted by Crippen LogP contribution is -2.35. The number of aromatic amines is 1. The molecule has 152 valence electrons. The number of nitrogens with zero attached hydrogens (tertiary/aromatic N) is 2. The number of benzene rings is 1. The van der Waals surface area contributed by atoms with Crippen molar-refractivity contribution in [1.82, 2.24) is 20.3 Å². The second-order valence-electron chi connectivity index (χ2n) is 8.85. The molecule has 0 spiro atoms. The monoisotopic (exact) mass is 392 g/mol. The highest BCUT2D eigenvalue weighted by atomic mass is 16.4. The van der Waals surface area contributed by atoms with Gasteiger partial charge in [0.05, 0.1) is 22.6 Å². The molecule has 4 rings (SSSR count). The zero-order chi connectivity index (χ0) is 20.6. The number of hydrogen-bond donors (Lipinski definition) is 3. The summed E-state index contributed by atoms with van der Waals surface area (Å²) < 4.78 is 0. The van der Waals surface area contributed by atoms with Crippen LogP contribution in [0.15, 0.2) is 36.5 Å². The molecule has 3 N–H and O–H groups in total. The third-order valence-electron chi connectivity index (χ3n) is 5.87. The van der Waals surface area contributed by atoms with Gasteiger partial charge in [0, 0.05) is 17.7 Å². The Hall–Kier alpha value is -2.73. The minimum absolute atomic E-state index is 0.408. The number of piperidine rings is 1. The molecular formula is C23H28N4O2. The van der Waals surface area contributed by atoms with E-state index >= 15 is 0 Å². The average molecular weight is 393 g/mol. The maximum Gasteiger partial charge on any atom is 0.309 e. The van der Waals surface area contributed by atoms with E-state index in [4.69, 9.17) is 4.98 Å². The smallest absolute Gasteiger partial charge is 0.309 e. The van der Waals surface area contributed by atoms with Gasteiger partial charge >= 0.3 is 5.97 Å². The molecule has 1 aliphatic rings. The largest absolute Gasteiger partial charge is 0.481 e. The van der Waals surface area contributed by atoms with Gasteiger partial charge in [0.1, 0.15) is 5.82 Å². The lowest BCUT2D eigenvalue weighted by Gasteiger charge is -2.26. The molecule has 0 saturated carbocycles. The highest BCUT2D eigenvalue weighted by molar-refractivity contribution is 5.82. The maximum atomic E-state index is 11.4. The SMILES string of the molecule is CC1CC(c2ncc3[nH]c(-c4ccc(CC(C)(C)C(=O)O)cc4)cc3n2)CCN1. The standard InChI is InChI=1S/C23H28N4O2/c1-14-10-17(8-9-24-14)21-25-13-20-19(27-21)11-18(26-20)16-6-4-15(5-7-16)12-23(2,3)22(28)29/h4-7,11,13-14,17,24,26H,8-10,12H2,1-3H3,(H,28,29). The van der Waals surface area contributed by atoms with Crippen LogP contribution in [0.2, 0.25) is 0 Å². The van der Waals surface area contributed by atoms with E-state index in [9.17, 15) is 9.90 Å². The van der Waals surface area contributed by atoms with Crippen LogP contribution < -0.4 is 5.32 Å². The summed E-state index contributed by atoms with van der Waals surface area (Å²) in [5.74, 6) is 0.559. The molecule has 2 aromatic heterocycles. The van der Waals surface area contributed by atoms with Gasteiger partial charge in [0.15, 0.2) is 0 Å². The van der Waals surface area contributed by atoms with Gasteiger partial charge in [0.25, 0.3) is 0 Å². The van der Waals surface area contributed by atoms with Gasteiger partial charge in [-0.25, -0.2) is 9.97 Å². The van der Waals surface area contributed by atoms with Crippen molar-refractivity contribution in [3.05, 3.63) is 47.9 Å². The zero-order valence-electron chi connectivity index (χ0n) is 17.2. The third-order valence-corrected chi connectivity index (χ3v) is 5.87. The summed E-state index contributed by atoms with van der Waals surface area (Å²) in [7, 11) is 0. The van der Waals surface area contributed by atoms with E-state index in [0.29, 0.717) is 18.4 Å². The molecule has 2 unspecified atom stereocenters. The molecular weight excluding hydrogens is 364 g/mol. The Morgan fingerprint density at radius 3 is 2.72 bits per heavy atom. The first-order valence-corrected chi connectivity index (χ1v) is 10.2. The van der Waals surface area contributed by atoms with Crippen LogP contribution in [-0.2, 0) is 11.2 Å². The van der Waals surface area contributed by atoms with Crippen molar-refractivity contribution in [3.8, 4) is 11.3 Å². The lowest BCUT2D eigenvalue weighted by molar-refractivity contribution is -0.146. The third kappa shape index (κ3) is 4.17. The molecule has 1 fully saturated rings. The summed E-state index contributed by atoms with van der Waals surface area (Å²) in [6.07, 6.45) is 4.52. The van der Waals surface area contributed by atoms with Crippen molar-refractivity contribution in [2.45, 2.75) is 52.0 Å². The Labute approximate surface area is 170 Å². The Morgan fingerprint density at radius 2 is 2.03 bits per heavy atom. The van der Waals surface area contributed by atoms with Crippen molar-refractivity contribution in [2.75, 3.05) is 6.54 Å². The van der Waals surface area contributed by atoms with Gasteiger partial charge in [-0.3, -0.25) is 4.79 Å². The Morgan fingerprint density at radius 1 is 1.28 bits per heavy atom. The molecule has 0 amide bonds. The molecule has 6 nitrogen and oxygen atoms in total. The zero-order valence-corrected chi connectivity index (χ0v) is 17.2. The van der Waals surface area contributed by atoms with Crippen molar-refractivity contribution < 1.29 is 9.90 Å². The molecule has 6 heteroatoms. The molecule has 2 atom stereocenters. The van der Waals surface area contributed by atoms with E-state index in [1.54, 1.807) is 13.8 Å². The highest BCUT2D eigenvalue weighted by Crippen LogP contribution is 2.29. The van der Waals surface area contributed by atoms with Gasteiger partial charge in [-0.05, 0) is 63.8 Å². The first-order chi connectivity index (χ1) is 13.8. The highest BCUT2D eigenvalue weighted by Gasteiger charge is 2.27. The molecule has 0 aliphatic carbocycles. The second kappa shape index (κ2) is 7.59. The Kier molecular flexibility index (Phi) is 5.13. The number of carboxylic acid groups (broad SMARTS) is 1. The molecule has 1 aliphatic heterocycles. The number of carboxylic acids is 1. The number of carbonyl (C=O) groups is 1. The van der Waals surface area contributed by atoms with Gasteiger partial charge in [-0.2, -0.15) is 0 Å². The lowest BCUT2D eigenvalue weighted by atomic mass is 9.86. The van der Waals surface area contributed by atoms with E-state index in [1.165, 1.54) is 0 Å². The van der Waals surface area contributed by atoms with Gasteiger partial charge in [-0.1, -0.05) is 24.3 Å². The number of fused-ring (bicyclic) bond motifs is 1. The van der Waals surface area contributed by atoms with Crippen LogP contribution in [0, 0.1) is 5.41 Å². The van der Waals surface area contributed by atoms with E-state index < -0.39 is 11.4 Å². The first kappa shape index (κ1) is 19.6. The van der Waals surface area contributed by atoms with Crippen molar-refractivity contribution in [1.29, 1.82) is 0 Å².